The van der Waals surface area contributed by atoms with E-state index >= 15 is 0 Å². The van der Waals surface area contributed by atoms with Crippen LogP contribution >= 0.6 is 0 Å². The number of amides is 1. The van der Waals surface area contributed by atoms with Gasteiger partial charge >= 0.3 is 0 Å². The van der Waals surface area contributed by atoms with Gasteiger partial charge < -0.3 is 10.2 Å². The lowest BCUT2D eigenvalue weighted by Crippen LogP contribution is -2.39. The zero-order valence-electron chi connectivity index (χ0n) is 13.2. The molecule has 0 spiro atoms. The molecule has 0 aromatic rings. The molecule has 1 N–H and O–H groups in total. The van der Waals surface area contributed by atoms with Crippen molar-refractivity contribution in [1.29, 1.82) is 0 Å². The molecule has 2 rings (SSSR count). The van der Waals surface area contributed by atoms with Gasteiger partial charge in [-0.3, -0.25) is 9.69 Å². The van der Waals surface area contributed by atoms with Crippen molar-refractivity contribution < 1.29 is 4.79 Å². The molecule has 2 heterocycles. The van der Waals surface area contributed by atoms with Crippen LogP contribution in [-0.2, 0) is 4.79 Å². The highest BCUT2D eigenvalue weighted by atomic mass is 16.2. The minimum Gasteiger partial charge on any atom is -0.341 e. The first-order valence-electron chi connectivity index (χ1n) is 8.49. The van der Waals surface area contributed by atoms with Crippen molar-refractivity contribution in [3.63, 3.8) is 0 Å². The number of hydrogen-bond donors (Lipinski definition) is 1. The molecule has 0 radical (unpaired) electrons. The average molecular weight is 281 g/mol. The van der Waals surface area contributed by atoms with E-state index in [2.05, 4.69) is 29.0 Å². The second-order valence-corrected chi connectivity index (χ2v) is 6.19. The van der Waals surface area contributed by atoms with Gasteiger partial charge in [0.25, 0.3) is 0 Å². The molecule has 4 heteroatoms. The molecule has 0 aliphatic carbocycles. The van der Waals surface area contributed by atoms with Gasteiger partial charge in [0.2, 0.25) is 5.91 Å². The van der Waals surface area contributed by atoms with Gasteiger partial charge in [-0.15, -0.1) is 0 Å². The van der Waals surface area contributed by atoms with Crippen LogP contribution in [0.5, 0.6) is 0 Å². The van der Waals surface area contributed by atoms with E-state index in [1.54, 1.807) is 0 Å². The molecule has 2 saturated heterocycles. The van der Waals surface area contributed by atoms with Gasteiger partial charge in [-0.05, 0) is 45.3 Å². The summed E-state index contributed by atoms with van der Waals surface area (Å²) in [5, 5.41) is 3.53. The smallest absolute Gasteiger partial charge is 0.222 e. The lowest BCUT2D eigenvalue weighted by Gasteiger charge is -2.27. The van der Waals surface area contributed by atoms with Crippen LogP contribution in [0.2, 0.25) is 0 Å². The van der Waals surface area contributed by atoms with Gasteiger partial charge in [-0.1, -0.05) is 20.3 Å². The Morgan fingerprint density at radius 2 is 2.05 bits per heavy atom. The Hall–Kier alpha value is -0.610. The highest BCUT2D eigenvalue weighted by Gasteiger charge is 2.29. The Bertz CT molecular complexity index is 298. The van der Waals surface area contributed by atoms with E-state index in [0.717, 1.165) is 52.0 Å². The Labute approximate surface area is 123 Å². The molecule has 0 saturated carbocycles. The van der Waals surface area contributed by atoms with Crippen LogP contribution in [0.1, 0.15) is 52.4 Å². The lowest BCUT2D eigenvalue weighted by molar-refractivity contribution is -0.130. The van der Waals surface area contributed by atoms with Gasteiger partial charge in [0.1, 0.15) is 0 Å². The van der Waals surface area contributed by atoms with Crippen molar-refractivity contribution in [3.05, 3.63) is 0 Å². The van der Waals surface area contributed by atoms with Gasteiger partial charge in [0.05, 0.1) is 0 Å². The Kier molecular flexibility index (Phi) is 6.30. The summed E-state index contributed by atoms with van der Waals surface area (Å²) in [6, 6.07) is 1.16. The quantitative estimate of drug-likeness (QED) is 0.807. The van der Waals surface area contributed by atoms with Crippen LogP contribution in [0.25, 0.3) is 0 Å². The van der Waals surface area contributed by atoms with Crippen LogP contribution in [0.4, 0.5) is 0 Å². The van der Waals surface area contributed by atoms with Gasteiger partial charge in [-0.2, -0.15) is 0 Å². The third kappa shape index (κ3) is 4.19. The Morgan fingerprint density at radius 3 is 2.70 bits per heavy atom. The molecule has 4 nitrogen and oxygen atoms in total. The molecular formula is C16H31N3O. The van der Waals surface area contributed by atoms with E-state index in [4.69, 9.17) is 0 Å². The van der Waals surface area contributed by atoms with Crippen molar-refractivity contribution in [2.24, 2.45) is 0 Å². The van der Waals surface area contributed by atoms with Crippen molar-refractivity contribution >= 4 is 5.91 Å². The maximum atomic E-state index is 12.3. The number of carbonyl (C=O) groups is 1. The van der Waals surface area contributed by atoms with Crippen LogP contribution in [0.3, 0.4) is 0 Å². The average Bonchev–Trinajstić information content (AvgIpc) is 2.97. The fraction of sp³-hybridized carbons (Fsp3) is 0.938. The predicted octanol–water partition coefficient (Wildman–Crippen LogP) is 1.85. The number of nitrogens with one attached hydrogen (secondary N) is 1. The molecule has 0 aromatic heterocycles. The van der Waals surface area contributed by atoms with Crippen LogP contribution < -0.4 is 5.32 Å². The standard InChI is InChI=1S/C16H31N3O/c1-3-18(4-2)15-10-12-19(13-15)16(20)9-8-14-7-5-6-11-17-14/h14-15,17H,3-13H2,1-2H3. The highest BCUT2D eigenvalue weighted by molar-refractivity contribution is 5.76. The first-order chi connectivity index (χ1) is 9.74. The SMILES string of the molecule is CCN(CC)C1CCN(C(=O)CCC2CCCCN2)C1. The number of nitrogens with zero attached hydrogens (tertiary/aromatic N) is 2. The number of likely N-dealkylation sites (tertiary alicyclic amines) is 1. The monoisotopic (exact) mass is 281 g/mol. The summed E-state index contributed by atoms with van der Waals surface area (Å²) in [6.45, 7) is 9.64. The van der Waals surface area contributed by atoms with Crippen LogP contribution in [0.15, 0.2) is 0 Å². The molecule has 2 aliphatic heterocycles. The fourth-order valence-electron chi connectivity index (χ4n) is 3.63. The maximum Gasteiger partial charge on any atom is 0.222 e. The molecule has 0 bridgehead atoms. The van der Waals surface area contributed by atoms with E-state index in [0.29, 0.717) is 18.0 Å². The zero-order valence-corrected chi connectivity index (χ0v) is 13.2. The molecular weight excluding hydrogens is 250 g/mol. The topological polar surface area (TPSA) is 35.6 Å². The highest BCUT2D eigenvalue weighted by Crippen LogP contribution is 2.18. The summed E-state index contributed by atoms with van der Waals surface area (Å²) < 4.78 is 0. The van der Waals surface area contributed by atoms with Crippen molar-refractivity contribution in [3.8, 4) is 0 Å². The molecule has 20 heavy (non-hydrogen) atoms. The van der Waals surface area contributed by atoms with Gasteiger partial charge in [0, 0.05) is 31.6 Å². The minimum absolute atomic E-state index is 0.368. The maximum absolute atomic E-state index is 12.3. The predicted molar refractivity (Wildman–Crippen MR) is 82.8 cm³/mol. The number of piperidine rings is 1. The molecule has 2 fully saturated rings. The van der Waals surface area contributed by atoms with E-state index in [-0.39, 0.29) is 0 Å². The number of likely N-dealkylation sites (N-methyl/N-ethyl adjacent to an activating group) is 1. The number of rotatable bonds is 6. The van der Waals surface area contributed by atoms with Gasteiger partial charge in [0.15, 0.2) is 0 Å². The molecule has 0 aromatic carbocycles. The lowest BCUT2D eigenvalue weighted by atomic mass is 10.0. The molecule has 2 unspecified atom stereocenters. The van der Waals surface area contributed by atoms with E-state index in [1.807, 2.05) is 0 Å². The summed E-state index contributed by atoms with van der Waals surface area (Å²) in [7, 11) is 0. The first-order valence-corrected chi connectivity index (χ1v) is 8.49. The minimum atomic E-state index is 0.368. The molecule has 116 valence electrons. The third-order valence-corrected chi connectivity index (χ3v) is 4.96. The number of carbonyl (C=O) groups excluding carboxylic acids is 1. The third-order valence-electron chi connectivity index (χ3n) is 4.96. The summed E-state index contributed by atoms with van der Waals surface area (Å²) in [6.07, 6.45) is 6.75. The van der Waals surface area contributed by atoms with Crippen molar-refractivity contribution in [2.75, 3.05) is 32.7 Å². The second-order valence-electron chi connectivity index (χ2n) is 6.19. The van der Waals surface area contributed by atoms with Crippen molar-refractivity contribution in [1.82, 2.24) is 15.1 Å². The zero-order chi connectivity index (χ0) is 14.4. The van der Waals surface area contributed by atoms with Crippen molar-refractivity contribution in [2.45, 2.75) is 64.5 Å². The molecule has 1 amide bonds. The van der Waals surface area contributed by atoms with E-state index < -0.39 is 0 Å². The summed E-state index contributed by atoms with van der Waals surface area (Å²) in [4.78, 5) is 16.9. The summed E-state index contributed by atoms with van der Waals surface area (Å²) in [5.41, 5.74) is 0. The summed E-state index contributed by atoms with van der Waals surface area (Å²) >= 11 is 0. The Balaban J connectivity index is 1.70. The van der Waals surface area contributed by atoms with E-state index in [9.17, 15) is 4.79 Å². The molecule has 2 aliphatic rings. The normalized spacial score (nSPS) is 27.2. The molecule has 2 atom stereocenters. The van der Waals surface area contributed by atoms with Gasteiger partial charge in [-0.25, -0.2) is 0 Å². The second kappa shape index (κ2) is 7.99. The largest absolute Gasteiger partial charge is 0.341 e. The van der Waals surface area contributed by atoms with Crippen LogP contribution in [0, 0.1) is 0 Å². The Morgan fingerprint density at radius 1 is 1.25 bits per heavy atom. The first kappa shape index (κ1) is 15.8. The van der Waals surface area contributed by atoms with Crippen LogP contribution in [-0.4, -0.2) is 60.5 Å². The van der Waals surface area contributed by atoms with E-state index in [1.165, 1.54) is 19.3 Å². The number of hydrogen-bond acceptors (Lipinski definition) is 3. The fourth-order valence-corrected chi connectivity index (χ4v) is 3.63. The summed E-state index contributed by atoms with van der Waals surface area (Å²) in [5.74, 6) is 0.368.